The lowest BCUT2D eigenvalue weighted by atomic mass is 10.2. The van der Waals surface area contributed by atoms with Crippen LogP contribution >= 0.6 is 23.2 Å². The molecule has 1 N–H and O–H groups in total. The zero-order valence-electron chi connectivity index (χ0n) is 14.3. The highest BCUT2D eigenvalue weighted by atomic mass is 35.5. The van der Waals surface area contributed by atoms with E-state index in [0.717, 1.165) is 0 Å². The monoisotopic (exact) mass is 403 g/mol. The quantitative estimate of drug-likeness (QED) is 0.478. The maximum absolute atomic E-state index is 12.1. The number of benzene rings is 1. The van der Waals surface area contributed by atoms with Gasteiger partial charge in [-0.3, -0.25) is 14.3 Å². The summed E-state index contributed by atoms with van der Waals surface area (Å²) in [4.78, 5) is 23.3. The van der Waals surface area contributed by atoms with E-state index in [9.17, 15) is 9.59 Å². The van der Waals surface area contributed by atoms with Crippen molar-refractivity contribution in [1.29, 1.82) is 0 Å². The number of hydrogen-bond acceptors (Lipinski definition) is 4. The summed E-state index contributed by atoms with van der Waals surface area (Å²) in [7, 11) is 0. The Kier molecular flexibility index (Phi) is 5.78. The van der Waals surface area contributed by atoms with Crippen molar-refractivity contribution in [3.8, 4) is 0 Å². The van der Waals surface area contributed by atoms with Crippen molar-refractivity contribution in [1.82, 2.24) is 9.78 Å². The topological polar surface area (TPSA) is 77.1 Å². The summed E-state index contributed by atoms with van der Waals surface area (Å²) >= 11 is 12.0. The molecule has 1 amide bonds. The zero-order chi connectivity index (χ0) is 19.4. The van der Waals surface area contributed by atoms with Gasteiger partial charge in [0.15, 0.2) is 11.5 Å². The number of carbonyl (C=O) groups excluding carboxylic acids is 2. The van der Waals surface area contributed by atoms with Crippen molar-refractivity contribution >= 4 is 46.7 Å². The predicted molar refractivity (Wildman–Crippen MR) is 104 cm³/mol. The van der Waals surface area contributed by atoms with Gasteiger partial charge in [0.25, 0.3) is 0 Å². The van der Waals surface area contributed by atoms with E-state index < -0.39 is 0 Å². The van der Waals surface area contributed by atoms with Gasteiger partial charge in [0.2, 0.25) is 5.91 Å². The minimum absolute atomic E-state index is 0.138. The molecule has 0 atom stereocenters. The Labute approximate surface area is 165 Å². The smallest absolute Gasteiger partial charge is 0.248 e. The molecule has 0 saturated heterocycles. The lowest BCUT2D eigenvalue weighted by Gasteiger charge is -2.00. The van der Waals surface area contributed by atoms with Gasteiger partial charge in [-0.25, -0.2) is 0 Å². The number of nitrogens with zero attached hydrogens (tertiary/aromatic N) is 2. The Morgan fingerprint density at radius 3 is 2.81 bits per heavy atom. The lowest BCUT2D eigenvalue weighted by molar-refractivity contribution is -0.111. The molecule has 3 rings (SSSR count). The first-order valence-corrected chi connectivity index (χ1v) is 8.73. The Hall–Kier alpha value is -2.83. The maximum atomic E-state index is 12.1. The fourth-order valence-corrected chi connectivity index (χ4v) is 2.70. The lowest BCUT2D eigenvalue weighted by Crippen LogP contribution is -2.07. The first-order valence-electron chi connectivity index (χ1n) is 7.97. The van der Waals surface area contributed by atoms with Crippen molar-refractivity contribution in [3.63, 3.8) is 0 Å². The van der Waals surface area contributed by atoms with Crippen molar-refractivity contribution in [2.24, 2.45) is 0 Å². The molecule has 138 valence electrons. The fraction of sp³-hybridized carbons (Fsp3) is 0.105. The molecule has 3 aromatic rings. The van der Waals surface area contributed by atoms with Gasteiger partial charge in [-0.15, -0.1) is 0 Å². The fourth-order valence-electron chi connectivity index (χ4n) is 2.32. The van der Waals surface area contributed by atoms with Crippen LogP contribution in [0, 0.1) is 0 Å². The Balaban J connectivity index is 1.61. The minimum Gasteiger partial charge on any atom is -0.456 e. The van der Waals surface area contributed by atoms with Crippen molar-refractivity contribution in [2.75, 3.05) is 5.32 Å². The number of nitrogens with one attached hydrogen (secondary N) is 1. The molecule has 2 heterocycles. The number of rotatable bonds is 6. The molecule has 6 nitrogen and oxygen atoms in total. The average Bonchev–Trinajstić information content (AvgIpc) is 3.26. The van der Waals surface area contributed by atoms with E-state index in [1.54, 1.807) is 47.3 Å². The second-order valence-electron chi connectivity index (χ2n) is 5.71. The van der Waals surface area contributed by atoms with E-state index in [4.69, 9.17) is 27.6 Å². The number of carbonyl (C=O) groups is 2. The zero-order valence-corrected chi connectivity index (χ0v) is 15.8. The van der Waals surface area contributed by atoms with Crippen LogP contribution in [0.15, 0.2) is 53.2 Å². The average molecular weight is 404 g/mol. The number of ketones is 1. The third kappa shape index (κ3) is 4.87. The first-order chi connectivity index (χ1) is 12.9. The van der Waals surface area contributed by atoms with Crippen molar-refractivity contribution in [2.45, 2.75) is 13.5 Å². The second kappa shape index (κ2) is 8.24. The van der Waals surface area contributed by atoms with E-state index in [2.05, 4.69) is 10.4 Å². The molecule has 0 bridgehead atoms. The Morgan fingerprint density at radius 2 is 2.07 bits per heavy atom. The summed E-state index contributed by atoms with van der Waals surface area (Å²) in [5.41, 5.74) is 1.18. The number of Topliss-reactive ketones (excluding diaryl/α,β-unsaturated/α-hetero) is 1. The molecular weight excluding hydrogens is 389 g/mol. The molecule has 27 heavy (non-hydrogen) atoms. The third-order valence-corrected chi connectivity index (χ3v) is 4.46. The number of halogens is 2. The molecule has 8 heteroatoms. The Bertz CT molecular complexity index is 1020. The van der Waals surface area contributed by atoms with Gasteiger partial charge in [-0.1, -0.05) is 35.3 Å². The molecule has 0 fully saturated rings. The first kappa shape index (κ1) is 18.9. The van der Waals surface area contributed by atoms with Crippen LogP contribution in [0.2, 0.25) is 10.0 Å². The van der Waals surface area contributed by atoms with Crippen LogP contribution < -0.4 is 5.32 Å². The predicted octanol–water partition coefficient (Wildman–Crippen LogP) is 4.69. The van der Waals surface area contributed by atoms with Crippen LogP contribution in [0.4, 0.5) is 5.69 Å². The molecule has 0 aliphatic rings. The van der Waals surface area contributed by atoms with Crippen LogP contribution in [0.25, 0.3) is 6.08 Å². The molecular formula is C19H15Cl2N3O3. The van der Waals surface area contributed by atoms with E-state index in [1.165, 1.54) is 19.2 Å². The van der Waals surface area contributed by atoms with E-state index in [-0.39, 0.29) is 11.7 Å². The van der Waals surface area contributed by atoms with Crippen molar-refractivity contribution < 1.29 is 14.0 Å². The summed E-state index contributed by atoms with van der Waals surface area (Å²) in [6, 6.07) is 8.52. The van der Waals surface area contributed by atoms with Crippen molar-refractivity contribution in [3.05, 3.63) is 75.9 Å². The highest BCUT2D eigenvalue weighted by Crippen LogP contribution is 2.26. The number of hydrogen-bond donors (Lipinski definition) is 1. The SMILES string of the molecule is CC(=O)c1ccc(Cn2cc(NC(=O)/C=C\c3cccc(Cl)c3Cl)cn2)o1. The number of amides is 1. The molecule has 0 aliphatic carbocycles. The standard InChI is InChI=1S/C19H15Cl2N3O3/c1-12(25)17-7-6-15(27-17)11-24-10-14(9-22-24)23-18(26)8-5-13-3-2-4-16(20)19(13)21/h2-10H,11H2,1H3,(H,23,26)/b8-5-. The molecule has 0 saturated carbocycles. The Morgan fingerprint density at radius 1 is 1.26 bits per heavy atom. The van der Waals surface area contributed by atoms with E-state index >= 15 is 0 Å². The van der Waals surface area contributed by atoms with Gasteiger partial charge < -0.3 is 9.73 Å². The molecule has 0 unspecified atom stereocenters. The van der Waals surface area contributed by atoms with Gasteiger partial charge in [0.1, 0.15) is 5.76 Å². The van der Waals surface area contributed by atoms with Crippen LogP contribution in [-0.4, -0.2) is 21.5 Å². The molecule has 0 spiro atoms. The normalized spacial score (nSPS) is 11.1. The molecule has 2 aromatic heterocycles. The van der Waals surface area contributed by atoms with Gasteiger partial charge >= 0.3 is 0 Å². The van der Waals surface area contributed by atoms with Crippen LogP contribution in [0.1, 0.15) is 28.8 Å². The highest BCUT2D eigenvalue weighted by molar-refractivity contribution is 6.42. The number of aromatic nitrogens is 2. The van der Waals surface area contributed by atoms with Crippen LogP contribution in [-0.2, 0) is 11.3 Å². The molecule has 0 aliphatic heterocycles. The largest absolute Gasteiger partial charge is 0.456 e. The minimum atomic E-state index is -0.331. The molecule has 1 aromatic carbocycles. The summed E-state index contributed by atoms with van der Waals surface area (Å²) in [5, 5.41) is 7.67. The number of furan rings is 1. The highest BCUT2D eigenvalue weighted by Gasteiger charge is 2.08. The number of anilines is 1. The second-order valence-corrected chi connectivity index (χ2v) is 6.50. The van der Waals surface area contributed by atoms with Gasteiger partial charge in [0.05, 0.1) is 28.5 Å². The maximum Gasteiger partial charge on any atom is 0.248 e. The molecule has 0 radical (unpaired) electrons. The van der Waals surface area contributed by atoms with Gasteiger partial charge in [-0.05, 0) is 29.8 Å². The van der Waals surface area contributed by atoms with Crippen LogP contribution in [0.5, 0.6) is 0 Å². The summed E-state index contributed by atoms with van der Waals surface area (Å²) in [5.74, 6) is 0.427. The summed E-state index contributed by atoms with van der Waals surface area (Å²) in [6.07, 6.45) is 6.13. The van der Waals surface area contributed by atoms with Crippen LogP contribution in [0.3, 0.4) is 0 Å². The van der Waals surface area contributed by atoms with Gasteiger partial charge in [0, 0.05) is 19.2 Å². The van der Waals surface area contributed by atoms with E-state index in [0.29, 0.717) is 39.4 Å². The van der Waals surface area contributed by atoms with Gasteiger partial charge in [-0.2, -0.15) is 5.10 Å². The summed E-state index contributed by atoms with van der Waals surface area (Å²) in [6.45, 7) is 1.78. The third-order valence-electron chi connectivity index (χ3n) is 3.62. The summed E-state index contributed by atoms with van der Waals surface area (Å²) < 4.78 is 7.01. The van der Waals surface area contributed by atoms with E-state index in [1.807, 2.05) is 0 Å².